The van der Waals surface area contributed by atoms with Gasteiger partial charge in [0, 0.05) is 5.56 Å². The Morgan fingerprint density at radius 1 is 1.19 bits per heavy atom. The standard InChI is InChI=1S/C24H23N3O4/c1-3-9-17-10-7-8-13-20(17)30-15-19(28)14-27-24(29)23-21(16(2)31-26-23)22(25-27)18-11-5-4-6-12-18/h3-8,10-13,19,28H,1,9,14-15H2,2H3. The molecule has 2 heterocycles. The van der Waals surface area contributed by atoms with Crippen molar-refractivity contribution in [1.82, 2.24) is 14.9 Å². The van der Waals surface area contributed by atoms with E-state index in [0.29, 0.717) is 29.0 Å². The summed E-state index contributed by atoms with van der Waals surface area (Å²) in [6.45, 7) is 5.47. The molecule has 2 aromatic carbocycles. The molecule has 31 heavy (non-hydrogen) atoms. The highest BCUT2D eigenvalue weighted by Gasteiger charge is 2.20. The van der Waals surface area contributed by atoms with E-state index in [2.05, 4.69) is 16.8 Å². The Morgan fingerprint density at radius 2 is 1.94 bits per heavy atom. The van der Waals surface area contributed by atoms with E-state index in [4.69, 9.17) is 9.26 Å². The predicted molar refractivity (Wildman–Crippen MR) is 118 cm³/mol. The van der Waals surface area contributed by atoms with Gasteiger partial charge >= 0.3 is 0 Å². The zero-order valence-corrected chi connectivity index (χ0v) is 17.2. The summed E-state index contributed by atoms with van der Waals surface area (Å²) in [5.41, 5.74) is 2.16. The molecule has 0 amide bonds. The normalized spacial score (nSPS) is 12.1. The van der Waals surface area contributed by atoms with Gasteiger partial charge in [-0.1, -0.05) is 59.8 Å². The van der Waals surface area contributed by atoms with Crippen LogP contribution in [0.1, 0.15) is 11.3 Å². The molecule has 0 bridgehead atoms. The maximum absolute atomic E-state index is 12.9. The summed E-state index contributed by atoms with van der Waals surface area (Å²) >= 11 is 0. The molecule has 7 nitrogen and oxygen atoms in total. The third-order valence-corrected chi connectivity index (χ3v) is 4.96. The van der Waals surface area contributed by atoms with Crippen molar-refractivity contribution in [3.63, 3.8) is 0 Å². The van der Waals surface area contributed by atoms with Gasteiger partial charge in [0.1, 0.15) is 29.9 Å². The monoisotopic (exact) mass is 417 g/mol. The first kappa shape index (κ1) is 20.6. The van der Waals surface area contributed by atoms with Gasteiger partial charge in [0.2, 0.25) is 0 Å². The van der Waals surface area contributed by atoms with Crippen LogP contribution in [0.15, 0.2) is 76.6 Å². The van der Waals surface area contributed by atoms with Gasteiger partial charge < -0.3 is 14.4 Å². The first-order chi connectivity index (χ1) is 15.1. The number of aromatic nitrogens is 3. The Labute approximate surface area is 179 Å². The fraction of sp³-hybridized carbons (Fsp3) is 0.208. The first-order valence-electron chi connectivity index (χ1n) is 10.0. The van der Waals surface area contributed by atoms with Crippen LogP contribution >= 0.6 is 0 Å². The fourth-order valence-electron chi connectivity index (χ4n) is 3.46. The van der Waals surface area contributed by atoms with E-state index in [0.717, 1.165) is 11.1 Å². The second kappa shape index (κ2) is 8.97. The van der Waals surface area contributed by atoms with E-state index in [-0.39, 0.29) is 18.7 Å². The molecule has 0 fully saturated rings. The number of aliphatic hydroxyl groups excluding tert-OH is 1. The van der Waals surface area contributed by atoms with E-state index in [1.54, 1.807) is 13.0 Å². The minimum Gasteiger partial charge on any atom is -0.491 e. The van der Waals surface area contributed by atoms with Crippen molar-refractivity contribution >= 4 is 10.9 Å². The molecule has 4 aromatic rings. The number of hydrogen-bond acceptors (Lipinski definition) is 6. The number of fused-ring (bicyclic) bond motifs is 1. The lowest BCUT2D eigenvalue weighted by Gasteiger charge is -2.16. The Morgan fingerprint density at radius 3 is 2.71 bits per heavy atom. The smallest absolute Gasteiger partial charge is 0.296 e. The summed E-state index contributed by atoms with van der Waals surface area (Å²) in [6, 6.07) is 17.1. The maximum Gasteiger partial charge on any atom is 0.296 e. The lowest BCUT2D eigenvalue weighted by molar-refractivity contribution is 0.0878. The number of aryl methyl sites for hydroxylation is 1. The van der Waals surface area contributed by atoms with E-state index in [1.807, 2.05) is 54.6 Å². The average molecular weight is 417 g/mol. The number of hydrogen-bond donors (Lipinski definition) is 1. The second-order valence-electron chi connectivity index (χ2n) is 7.23. The Hall–Kier alpha value is -3.71. The van der Waals surface area contributed by atoms with Gasteiger partial charge in [-0.2, -0.15) is 5.10 Å². The molecule has 0 aliphatic carbocycles. The molecular weight excluding hydrogens is 394 g/mol. The maximum atomic E-state index is 12.9. The van der Waals surface area contributed by atoms with Crippen LogP contribution in [-0.4, -0.2) is 32.8 Å². The lowest BCUT2D eigenvalue weighted by atomic mass is 10.1. The lowest BCUT2D eigenvalue weighted by Crippen LogP contribution is -2.32. The second-order valence-corrected chi connectivity index (χ2v) is 7.23. The van der Waals surface area contributed by atoms with Crippen molar-refractivity contribution in [2.75, 3.05) is 6.61 Å². The largest absolute Gasteiger partial charge is 0.491 e. The zero-order chi connectivity index (χ0) is 21.8. The molecule has 0 aliphatic rings. The number of ether oxygens (including phenoxy) is 1. The molecule has 0 radical (unpaired) electrons. The SMILES string of the molecule is C=CCc1ccccc1OCC(O)Cn1nc(-c2ccccc2)c2c(C)onc2c1=O. The highest BCUT2D eigenvalue weighted by atomic mass is 16.5. The van der Waals surface area contributed by atoms with Crippen molar-refractivity contribution in [2.24, 2.45) is 0 Å². The number of benzene rings is 2. The van der Waals surface area contributed by atoms with Gasteiger partial charge in [-0.3, -0.25) is 4.79 Å². The minimum atomic E-state index is -0.948. The minimum absolute atomic E-state index is 0.0127. The molecule has 4 rings (SSSR count). The summed E-state index contributed by atoms with van der Waals surface area (Å²) in [5.74, 6) is 1.20. The van der Waals surface area contributed by atoms with Crippen LogP contribution in [-0.2, 0) is 13.0 Å². The Bertz CT molecular complexity index is 1260. The van der Waals surface area contributed by atoms with Crippen molar-refractivity contribution in [2.45, 2.75) is 26.0 Å². The third-order valence-electron chi connectivity index (χ3n) is 4.96. The topological polar surface area (TPSA) is 90.4 Å². The molecule has 0 saturated carbocycles. The summed E-state index contributed by atoms with van der Waals surface area (Å²) in [7, 11) is 0. The number of rotatable bonds is 8. The van der Waals surface area contributed by atoms with Crippen molar-refractivity contribution in [3.8, 4) is 17.0 Å². The van der Waals surface area contributed by atoms with Crippen LogP contribution in [0.3, 0.4) is 0 Å². The van der Waals surface area contributed by atoms with Crippen molar-refractivity contribution < 1.29 is 14.4 Å². The molecule has 7 heteroatoms. The summed E-state index contributed by atoms with van der Waals surface area (Å²) in [6.07, 6.45) is 1.51. The molecule has 0 spiro atoms. The molecule has 1 N–H and O–H groups in total. The van der Waals surface area contributed by atoms with Crippen LogP contribution in [0, 0.1) is 6.92 Å². The van der Waals surface area contributed by atoms with Crippen LogP contribution in [0.5, 0.6) is 5.75 Å². The van der Waals surface area contributed by atoms with Gasteiger partial charge in [0.05, 0.1) is 11.9 Å². The number of nitrogens with zero attached hydrogens (tertiary/aromatic N) is 3. The first-order valence-corrected chi connectivity index (χ1v) is 10.0. The zero-order valence-electron chi connectivity index (χ0n) is 17.2. The van der Waals surface area contributed by atoms with Gasteiger partial charge in [0.15, 0.2) is 5.52 Å². The van der Waals surface area contributed by atoms with Gasteiger partial charge in [0.25, 0.3) is 5.56 Å². The van der Waals surface area contributed by atoms with Gasteiger partial charge in [-0.15, -0.1) is 6.58 Å². The Balaban J connectivity index is 1.61. The number of allylic oxidation sites excluding steroid dienone is 1. The molecule has 1 atom stereocenters. The van der Waals surface area contributed by atoms with Crippen LogP contribution in [0.2, 0.25) is 0 Å². The van der Waals surface area contributed by atoms with Crippen molar-refractivity contribution in [3.05, 3.63) is 88.9 Å². The van der Waals surface area contributed by atoms with Crippen LogP contribution in [0.25, 0.3) is 22.2 Å². The molecule has 158 valence electrons. The van der Waals surface area contributed by atoms with Gasteiger partial charge in [-0.25, -0.2) is 4.68 Å². The number of para-hydroxylation sites is 1. The summed E-state index contributed by atoms with van der Waals surface area (Å²) in [4.78, 5) is 12.9. The predicted octanol–water partition coefficient (Wildman–Crippen LogP) is 3.53. The van der Waals surface area contributed by atoms with Crippen LogP contribution < -0.4 is 10.3 Å². The highest BCUT2D eigenvalue weighted by Crippen LogP contribution is 2.27. The van der Waals surface area contributed by atoms with Crippen molar-refractivity contribution in [1.29, 1.82) is 0 Å². The van der Waals surface area contributed by atoms with E-state index < -0.39 is 11.7 Å². The molecular formula is C24H23N3O4. The van der Waals surface area contributed by atoms with Gasteiger partial charge in [-0.05, 0) is 25.0 Å². The molecule has 0 saturated heterocycles. The molecule has 2 aromatic heterocycles. The fourth-order valence-corrected chi connectivity index (χ4v) is 3.46. The highest BCUT2D eigenvalue weighted by molar-refractivity contribution is 5.92. The number of aliphatic hydroxyl groups is 1. The summed E-state index contributed by atoms with van der Waals surface area (Å²) < 4.78 is 12.3. The quantitative estimate of drug-likeness (QED) is 0.441. The molecule has 0 aliphatic heterocycles. The van der Waals surface area contributed by atoms with E-state index in [9.17, 15) is 9.90 Å². The van der Waals surface area contributed by atoms with Crippen LogP contribution in [0.4, 0.5) is 0 Å². The molecule has 1 unspecified atom stereocenters. The summed E-state index contributed by atoms with van der Waals surface area (Å²) in [5, 5.41) is 19.6. The Kier molecular flexibility index (Phi) is 5.95. The van der Waals surface area contributed by atoms with E-state index in [1.165, 1.54) is 4.68 Å². The third kappa shape index (κ3) is 4.27. The average Bonchev–Trinajstić information content (AvgIpc) is 3.18. The van der Waals surface area contributed by atoms with E-state index >= 15 is 0 Å².